The summed E-state index contributed by atoms with van der Waals surface area (Å²) in [6.07, 6.45) is 0. The van der Waals surface area contributed by atoms with Gasteiger partial charge in [0.25, 0.3) is 15.9 Å². The normalized spacial score (nSPS) is 10.8. The van der Waals surface area contributed by atoms with Crippen molar-refractivity contribution in [1.29, 1.82) is 0 Å². The highest BCUT2D eigenvalue weighted by Crippen LogP contribution is 2.16. The summed E-state index contributed by atoms with van der Waals surface area (Å²) in [5, 5.41) is 5.76. The molecule has 9 heteroatoms. The van der Waals surface area contributed by atoms with Crippen molar-refractivity contribution in [3.8, 4) is 0 Å². The maximum Gasteiger partial charge on any atom is 0.323 e. The van der Waals surface area contributed by atoms with E-state index in [-0.39, 0.29) is 10.5 Å². The molecule has 0 heterocycles. The van der Waals surface area contributed by atoms with Gasteiger partial charge >= 0.3 is 6.03 Å². The molecule has 0 saturated carbocycles. The lowest BCUT2D eigenvalue weighted by Crippen LogP contribution is -2.30. The van der Waals surface area contributed by atoms with Crippen molar-refractivity contribution in [3.63, 3.8) is 0 Å². The zero-order valence-electron chi connectivity index (χ0n) is 14.9. The van der Waals surface area contributed by atoms with Crippen LogP contribution in [-0.2, 0) is 10.0 Å². The van der Waals surface area contributed by atoms with Gasteiger partial charge in [-0.2, -0.15) is 0 Å². The predicted octanol–water partition coefficient (Wildman–Crippen LogP) is 4.10. The molecule has 3 aromatic carbocycles. The summed E-state index contributed by atoms with van der Waals surface area (Å²) in [5.74, 6) is -0.727. The van der Waals surface area contributed by atoms with E-state index in [1.54, 1.807) is 42.5 Å². The minimum atomic E-state index is -4.05. The van der Waals surface area contributed by atoms with Crippen molar-refractivity contribution in [2.45, 2.75) is 4.90 Å². The van der Waals surface area contributed by atoms with Crippen LogP contribution in [0.2, 0.25) is 5.02 Å². The zero-order chi connectivity index (χ0) is 20.9. The number of urea groups is 1. The third kappa shape index (κ3) is 5.56. The summed E-state index contributed by atoms with van der Waals surface area (Å²) >= 11 is 5.79. The molecule has 0 radical (unpaired) electrons. The molecule has 3 aromatic rings. The minimum Gasteiger partial charge on any atom is -0.308 e. The Morgan fingerprint density at radius 3 is 1.79 bits per heavy atom. The third-order valence-electron chi connectivity index (χ3n) is 3.79. The summed E-state index contributed by atoms with van der Waals surface area (Å²) in [6, 6.07) is 19.5. The molecule has 0 aromatic heterocycles. The molecule has 7 nitrogen and oxygen atoms in total. The summed E-state index contributed by atoms with van der Waals surface area (Å²) in [4.78, 5) is 24.0. The molecular weight excluding hydrogens is 414 g/mol. The second kappa shape index (κ2) is 8.76. The second-order valence-electron chi connectivity index (χ2n) is 5.91. The monoisotopic (exact) mass is 429 g/mol. The van der Waals surface area contributed by atoms with Gasteiger partial charge in [0.15, 0.2) is 0 Å². The molecule has 0 bridgehead atoms. The van der Waals surface area contributed by atoms with E-state index in [4.69, 9.17) is 11.6 Å². The molecule has 29 heavy (non-hydrogen) atoms. The van der Waals surface area contributed by atoms with Crippen LogP contribution in [0.5, 0.6) is 0 Å². The molecule has 0 aliphatic rings. The highest BCUT2D eigenvalue weighted by atomic mass is 35.5. The molecule has 0 spiro atoms. The molecule has 3 rings (SSSR count). The number of benzene rings is 3. The minimum absolute atomic E-state index is 0.106. The number of halogens is 1. The van der Waals surface area contributed by atoms with Crippen LogP contribution < -0.4 is 15.4 Å². The van der Waals surface area contributed by atoms with Crippen LogP contribution in [0.4, 0.5) is 16.2 Å². The molecule has 0 aliphatic carbocycles. The first-order valence-electron chi connectivity index (χ1n) is 8.39. The van der Waals surface area contributed by atoms with Crippen LogP contribution in [0.15, 0.2) is 83.8 Å². The van der Waals surface area contributed by atoms with Crippen LogP contribution in [0, 0.1) is 0 Å². The van der Waals surface area contributed by atoms with Crippen molar-refractivity contribution in [2.75, 3.05) is 10.6 Å². The number of rotatable bonds is 5. The van der Waals surface area contributed by atoms with E-state index >= 15 is 0 Å². The topological polar surface area (TPSA) is 104 Å². The third-order valence-corrected chi connectivity index (χ3v) is 5.39. The second-order valence-corrected chi connectivity index (χ2v) is 8.03. The van der Waals surface area contributed by atoms with Crippen LogP contribution in [0.3, 0.4) is 0 Å². The van der Waals surface area contributed by atoms with Gasteiger partial charge < -0.3 is 10.6 Å². The summed E-state index contributed by atoms with van der Waals surface area (Å²) in [5.41, 5.74) is 1.16. The van der Waals surface area contributed by atoms with Crippen molar-refractivity contribution >= 4 is 44.9 Å². The van der Waals surface area contributed by atoms with E-state index in [0.717, 1.165) is 0 Å². The maximum absolute atomic E-state index is 12.4. The van der Waals surface area contributed by atoms with Gasteiger partial charge in [-0.05, 0) is 60.7 Å². The Labute approximate surface area is 172 Å². The summed E-state index contributed by atoms with van der Waals surface area (Å²) in [6.45, 7) is 0. The Morgan fingerprint density at radius 2 is 1.24 bits per heavy atom. The fourth-order valence-electron chi connectivity index (χ4n) is 2.37. The Balaban J connectivity index is 1.63. The quantitative estimate of drug-likeness (QED) is 0.567. The first-order chi connectivity index (χ1) is 13.8. The van der Waals surface area contributed by atoms with Crippen molar-refractivity contribution in [1.82, 2.24) is 4.72 Å². The molecule has 3 amide bonds. The van der Waals surface area contributed by atoms with E-state index in [0.29, 0.717) is 16.4 Å². The van der Waals surface area contributed by atoms with E-state index in [1.807, 2.05) is 4.72 Å². The Bertz CT molecular complexity index is 1120. The maximum atomic E-state index is 12.4. The molecule has 0 fully saturated rings. The lowest BCUT2D eigenvalue weighted by Gasteiger charge is -2.10. The van der Waals surface area contributed by atoms with E-state index < -0.39 is 22.0 Å². The number of hydrogen-bond acceptors (Lipinski definition) is 4. The summed E-state index contributed by atoms with van der Waals surface area (Å²) < 4.78 is 26.8. The number of nitrogens with one attached hydrogen (secondary N) is 3. The van der Waals surface area contributed by atoms with Gasteiger partial charge in [-0.25, -0.2) is 17.9 Å². The number of carbonyl (C=O) groups excluding carboxylic acids is 2. The highest BCUT2D eigenvalue weighted by molar-refractivity contribution is 7.90. The number of amides is 3. The fourth-order valence-corrected chi connectivity index (χ4v) is 3.47. The predicted molar refractivity (Wildman–Crippen MR) is 112 cm³/mol. The first kappa shape index (κ1) is 20.4. The van der Waals surface area contributed by atoms with E-state index in [9.17, 15) is 18.0 Å². The van der Waals surface area contributed by atoms with Gasteiger partial charge in [0.05, 0.1) is 4.90 Å². The van der Waals surface area contributed by atoms with Gasteiger partial charge in [-0.3, -0.25) is 4.79 Å². The van der Waals surface area contributed by atoms with Crippen LogP contribution >= 0.6 is 11.6 Å². The number of anilines is 2. The molecule has 0 atom stereocenters. The standard InChI is InChI=1S/C20H16ClN3O4S/c21-15-6-8-16(9-7-15)22-20(26)23-17-10-12-18(13-11-17)29(27,28)24-19(25)14-4-2-1-3-5-14/h1-13H,(H,24,25)(H2,22,23,26). The molecule has 0 unspecified atom stereocenters. The zero-order valence-corrected chi connectivity index (χ0v) is 16.5. The Hall–Kier alpha value is -3.36. The molecule has 0 saturated heterocycles. The van der Waals surface area contributed by atoms with Crippen LogP contribution in [0.1, 0.15) is 10.4 Å². The van der Waals surface area contributed by atoms with Gasteiger partial charge in [-0.15, -0.1) is 0 Å². The van der Waals surface area contributed by atoms with Crippen LogP contribution in [0.25, 0.3) is 0 Å². The molecule has 148 valence electrons. The molecule has 3 N–H and O–H groups in total. The highest BCUT2D eigenvalue weighted by Gasteiger charge is 2.18. The van der Waals surface area contributed by atoms with Crippen molar-refractivity contribution in [2.24, 2.45) is 0 Å². The van der Waals surface area contributed by atoms with Crippen molar-refractivity contribution in [3.05, 3.63) is 89.4 Å². The van der Waals surface area contributed by atoms with Gasteiger partial charge in [0, 0.05) is 22.0 Å². The van der Waals surface area contributed by atoms with E-state index in [1.165, 1.54) is 36.4 Å². The number of hydrogen-bond donors (Lipinski definition) is 3. The van der Waals surface area contributed by atoms with Crippen molar-refractivity contribution < 1.29 is 18.0 Å². The lowest BCUT2D eigenvalue weighted by atomic mass is 10.2. The number of sulfonamides is 1. The average Bonchev–Trinajstić information content (AvgIpc) is 2.70. The first-order valence-corrected chi connectivity index (χ1v) is 10.3. The summed E-state index contributed by atoms with van der Waals surface area (Å²) in [7, 11) is -4.05. The van der Waals surface area contributed by atoms with Crippen LogP contribution in [-0.4, -0.2) is 20.4 Å². The lowest BCUT2D eigenvalue weighted by molar-refractivity contribution is 0.0981. The average molecular weight is 430 g/mol. The molecule has 0 aliphatic heterocycles. The number of carbonyl (C=O) groups is 2. The molecular formula is C20H16ClN3O4S. The smallest absolute Gasteiger partial charge is 0.308 e. The largest absolute Gasteiger partial charge is 0.323 e. The van der Waals surface area contributed by atoms with E-state index in [2.05, 4.69) is 10.6 Å². The van der Waals surface area contributed by atoms with Gasteiger partial charge in [0.2, 0.25) is 0 Å². The SMILES string of the molecule is O=C(Nc1ccc(Cl)cc1)Nc1ccc(S(=O)(=O)NC(=O)c2ccccc2)cc1. The fraction of sp³-hybridized carbons (Fsp3) is 0. The Morgan fingerprint density at radius 1 is 0.724 bits per heavy atom. The van der Waals surface area contributed by atoms with Gasteiger partial charge in [-0.1, -0.05) is 29.8 Å². The van der Waals surface area contributed by atoms with Gasteiger partial charge in [0.1, 0.15) is 0 Å². The Kier molecular flexibility index (Phi) is 6.16.